The van der Waals surface area contributed by atoms with E-state index in [0.29, 0.717) is 12.1 Å². The normalized spacial score (nSPS) is 31.0. The molecule has 4 heteroatoms. The minimum atomic E-state index is -0.679. The van der Waals surface area contributed by atoms with Crippen molar-refractivity contribution in [2.45, 2.75) is 76.4 Å². The Hall–Kier alpha value is -0.610. The second-order valence-electron chi connectivity index (χ2n) is 6.23. The Bertz CT molecular complexity index is 288. The summed E-state index contributed by atoms with van der Waals surface area (Å²) in [5.74, 6) is -0.679. The van der Waals surface area contributed by atoms with E-state index in [0.717, 1.165) is 25.6 Å². The van der Waals surface area contributed by atoms with E-state index in [1.807, 2.05) is 0 Å². The van der Waals surface area contributed by atoms with Crippen molar-refractivity contribution in [2.75, 3.05) is 13.1 Å². The summed E-state index contributed by atoms with van der Waals surface area (Å²) in [6, 6.07) is 1.67. The Kier molecular flexibility index (Phi) is 5.64. The average molecular weight is 268 g/mol. The molecular weight excluding hydrogens is 240 g/mol. The monoisotopic (exact) mass is 268 g/mol. The SMILES string of the molecule is CC1CNC(CCC(=O)O)CN1C1CCCCCC1. The number of carboxylic acid groups (broad SMARTS) is 1. The maximum Gasteiger partial charge on any atom is 0.303 e. The molecule has 2 rings (SSSR count). The molecule has 2 fully saturated rings. The van der Waals surface area contributed by atoms with Crippen molar-refractivity contribution in [1.82, 2.24) is 10.2 Å². The Morgan fingerprint density at radius 2 is 1.95 bits per heavy atom. The molecule has 1 aliphatic carbocycles. The lowest BCUT2D eigenvalue weighted by Gasteiger charge is -2.43. The van der Waals surface area contributed by atoms with Gasteiger partial charge in [0.2, 0.25) is 0 Å². The second-order valence-corrected chi connectivity index (χ2v) is 6.23. The zero-order valence-electron chi connectivity index (χ0n) is 12.1. The van der Waals surface area contributed by atoms with Gasteiger partial charge in [0.1, 0.15) is 0 Å². The van der Waals surface area contributed by atoms with Crippen LogP contribution in [0.25, 0.3) is 0 Å². The fourth-order valence-electron chi connectivity index (χ4n) is 3.54. The molecule has 2 atom stereocenters. The first-order valence-corrected chi connectivity index (χ1v) is 7.87. The largest absolute Gasteiger partial charge is 0.481 e. The highest BCUT2D eigenvalue weighted by Gasteiger charge is 2.30. The van der Waals surface area contributed by atoms with Crippen molar-refractivity contribution < 1.29 is 9.90 Å². The van der Waals surface area contributed by atoms with Gasteiger partial charge in [-0.05, 0) is 26.2 Å². The van der Waals surface area contributed by atoms with Gasteiger partial charge in [0.25, 0.3) is 0 Å². The molecule has 2 unspecified atom stereocenters. The van der Waals surface area contributed by atoms with Gasteiger partial charge in [0.05, 0.1) is 0 Å². The Balaban J connectivity index is 1.87. The third-order valence-corrected chi connectivity index (χ3v) is 4.70. The highest BCUT2D eigenvalue weighted by molar-refractivity contribution is 5.66. The van der Waals surface area contributed by atoms with Gasteiger partial charge >= 0.3 is 5.97 Å². The van der Waals surface area contributed by atoms with E-state index in [2.05, 4.69) is 17.1 Å². The average Bonchev–Trinajstić information content (AvgIpc) is 2.66. The summed E-state index contributed by atoms with van der Waals surface area (Å²) in [6.07, 6.45) is 9.20. The zero-order chi connectivity index (χ0) is 13.7. The van der Waals surface area contributed by atoms with E-state index < -0.39 is 5.97 Å². The number of hydrogen-bond acceptors (Lipinski definition) is 3. The molecule has 1 saturated heterocycles. The summed E-state index contributed by atoms with van der Waals surface area (Å²) < 4.78 is 0. The smallest absolute Gasteiger partial charge is 0.303 e. The maximum atomic E-state index is 10.7. The van der Waals surface area contributed by atoms with Gasteiger partial charge in [-0.25, -0.2) is 0 Å². The van der Waals surface area contributed by atoms with Crippen LogP contribution in [0.15, 0.2) is 0 Å². The van der Waals surface area contributed by atoms with Crippen molar-refractivity contribution >= 4 is 5.97 Å². The van der Waals surface area contributed by atoms with Gasteiger partial charge in [-0.2, -0.15) is 0 Å². The number of piperazine rings is 1. The first kappa shape index (κ1) is 14.8. The number of nitrogens with one attached hydrogen (secondary N) is 1. The van der Waals surface area contributed by atoms with Crippen molar-refractivity contribution in [3.63, 3.8) is 0 Å². The lowest BCUT2D eigenvalue weighted by Crippen LogP contribution is -2.58. The number of carboxylic acids is 1. The molecule has 1 saturated carbocycles. The van der Waals surface area contributed by atoms with Gasteiger partial charge in [0, 0.05) is 37.6 Å². The summed E-state index contributed by atoms with van der Waals surface area (Å²) in [7, 11) is 0. The number of aliphatic carboxylic acids is 1. The first-order chi connectivity index (χ1) is 9.16. The molecule has 0 bridgehead atoms. The molecule has 2 aliphatic rings. The minimum Gasteiger partial charge on any atom is -0.481 e. The van der Waals surface area contributed by atoms with Crippen LogP contribution in [0.1, 0.15) is 58.3 Å². The Morgan fingerprint density at radius 3 is 2.58 bits per heavy atom. The molecule has 1 heterocycles. The third-order valence-electron chi connectivity index (χ3n) is 4.70. The van der Waals surface area contributed by atoms with Crippen molar-refractivity contribution in [1.29, 1.82) is 0 Å². The number of rotatable bonds is 4. The minimum absolute atomic E-state index is 0.282. The summed E-state index contributed by atoms with van der Waals surface area (Å²) in [5, 5.41) is 12.3. The Labute approximate surface area is 116 Å². The van der Waals surface area contributed by atoms with E-state index in [1.165, 1.54) is 38.5 Å². The van der Waals surface area contributed by atoms with Gasteiger partial charge in [-0.15, -0.1) is 0 Å². The summed E-state index contributed by atoms with van der Waals surface area (Å²) in [4.78, 5) is 13.3. The van der Waals surface area contributed by atoms with Crippen LogP contribution in [0.2, 0.25) is 0 Å². The van der Waals surface area contributed by atoms with Crippen LogP contribution in [0.4, 0.5) is 0 Å². The molecule has 0 aromatic heterocycles. The lowest BCUT2D eigenvalue weighted by molar-refractivity contribution is -0.137. The molecule has 4 nitrogen and oxygen atoms in total. The fourth-order valence-corrected chi connectivity index (χ4v) is 3.54. The molecule has 19 heavy (non-hydrogen) atoms. The number of nitrogens with zero attached hydrogens (tertiary/aromatic N) is 1. The highest BCUT2D eigenvalue weighted by atomic mass is 16.4. The van der Waals surface area contributed by atoms with Crippen LogP contribution in [0.5, 0.6) is 0 Å². The topological polar surface area (TPSA) is 52.6 Å². The summed E-state index contributed by atoms with van der Waals surface area (Å²) in [6.45, 7) is 4.32. The molecule has 110 valence electrons. The van der Waals surface area contributed by atoms with Crippen LogP contribution >= 0.6 is 0 Å². The van der Waals surface area contributed by atoms with Crippen LogP contribution in [0.3, 0.4) is 0 Å². The van der Waals surface area contributed by atoms with E-state index in [4.69, 9.17) is 5.11 Å². The van der Waals surface area contributed by atoms with E-state index in [-0.39, 0.29) is 6.42 Å². The van der Waals surface area contributed by atoms with Crippen molar-refractivity contribution in [3.05, 3.63) is 0 Å². The molecule has 1 aliphatic heterocycles. The number of hydrogen-bond donors (Lipinski definition) is 2. The van der Waals surface area contributed by atoms with E-state index in [9.17, 15) is 4.79 Å². The third kappa shape index (κ3) is 4.46. The molecule has 0 aromatic carbocycles. The van der Waals surface area contributed by atoms with Crippen LogP contribution in [0, 0.1) is 0 Å². The number of carbonyl (C=O) groups is 1. The molecule has 0 radical (unpaired) electrons. The van der Waals surface area contributed by atoms with Crippen molar-refractivity contribution in [2.24, 2.45) is 0 Å². The van der Waals surface area contributed by atoms with E-state index >= 15 is 0 Å². The van der Waals surface area contributed by atoms with Gasteiger partial charge in [-0.3, -0.25) is 9.69 Å². The van der Waals surface area contributed by atoms with Gasteiger partial charge < -0.3 is 10.4 Å². The first-order valence-electron chi connectivity index (χ1n) is 7.87. The summed E-state index contributed by atoms with van der Waals surface area (Å²) in [5.41, 5.74) is 0. The summed E-state index contributed by atoms with van der Waals surface area (Å²) >= 11 is 0. The fraction of sp³-hybridized carbons (Fsp3) is 0.933. The standard InChI is InChI=1S/C15H28N2O2/c1-12-10-16-13(8-9-15(18)19)11-17(12)14-6-4-2-3-5-7-14/h12-14,16H,2-11H2,1H3,(H,18,19). The Morgan fingerprint density at radius 1 is 1.26 bits per heavy atom. The van der Waals surface area contributed by atoms with Crippen LogP contribution in [-0.2, 0) is 4.79 Å². The highest BCUT2D eigenvalue weighted by Crippen LogP contribution is 2.25. The predicted octanol–water partition coefficient (Wildman–Crippen LogP) is 2.24. The second kappa shape index (κ2) is 7.25. The molecule has 0 amide bonds. The van der Waals surface area contributed by atoms with Gasteiger partial charge in [-0.1, -0.05) is 25.7 Å². The molecule has 0 spiro atoms. The quantitative estimate of drug-likeness (QED) is 0.768. The van der Waals surface area contributed by atoms with E-state index in [1.54, 1.807) is 0 Å². The molecule has 0 aromatic rings. The zero-order valence-corrected chi connectivity index (χ0v) is 12.1. The van der Waals surface area contributed by atoms with Crippen molar-refractivity contribution in [3.8, 4) is 0 Å². The lowest BCUT2D eigenvalue weighted by atomic mass is 9.99. The molecular formula is C15H28N2O2. The van der Waals surface area contributed by atoms with Crippen LogP contribution < -0.4 is 5.32 Å². The molecule has 2 N–H and O–H groups in total. The van der Waals surface area contributed by atoms with Gasteiger partial charge in [0.15, 0.2) is 0 Å². The van der Waals surface area contributed by atoms with Crippen LogP contribution in [-0.4, -0.2) is 47.2 Å². The predicted molar refractivity (Wildman–Crippen MR) is 76.3 cm³/mol. The maximum absolute atomic E-state index is 10.7.